The molecule has 0 radical (unpaired) electrons. The van der Waals surface area contributed by atoms with E-state index in [1.165, 1.54) is 17.0 Å². The van der Waals surface area contributed by atoms with E-state index in [9.17, 15) is 19.1 Å². The van der Waals surface area contributed by atoms with Crippen molar-refractivity contribution in [3.63, 3.8) is 0 Å². The first-order valence-electron chi connectivity index (χ1n) is 6.71. The van der Waals surface area contributed by atoms with E-state index >= 15 is 0 Å². The summed E-state index contributed by atoms with van der Waals surface area (Å²) in [6, 6.07) is 2.53. The van der Waals surface area contributed by atoms with Crippen molar-refractivity contribution in [2.45, 2.75) is 13.0 Å². The van der Waals surface area contributed by atoms with E-state index in [2.05, 4.69) is 5.32 Å². The number of phenolic OH excluding ortho intramolecular Hbond substituents is 1. The molecular weight excluding hydrogens is 279 g/mol. The van der Waals surface area contributed by atoms with Gasteiger partial charge >= 0.3 is 5.97 Å². The number of ether oxygens (including phenoxy) is 1. The Morgan fingerprint density at radius 1 is 1.52 bits per heavy atom. The van der Waals surface area contributed by atoms with Crippen molar-refractivity contribution in [2.75, 3.05) is 26.2 Å². The number of halogens is 1. The van der Waals surface area contributed by atoms with Gasteiger partial charge in [0, 0.05) is 25.7 Å². The molecule has 0 bridgehead atoms. The average Bonchev–Trinajstić information content (AvgIpc) is 2.47. The van der Waals surface area contributed by atoms with Crippen LogP contribution in [0, 0.1) is 5.82 Å². The Kier molecular flexibility index (Phi) is 4.74. The Morgan fingerprint density at radius 3 is 2.95 bits per heavy atom. The molecule has 1 aliphatic heterocycles. The summed E-state index contributed by atoms with van der Waals surface area (Å²) in [6.45, 7) is 2.96. The van der Waals surface area contributed by atoms with E-state index < -0.39 is 23.7 Å². The van der Waals surface area contributed by atoms with Gasteiger partial charge in [0.15, 0.2) is 0 Å². The molecule has 1 aromatic rings. The molecule has 7 heteroatoms. The molecule has 21 heavy (non-hydrogen) atoms. The Hall–Kier alpha value is -2.15. The highest BCUT2D eigenvalue weighted by Crippen LogP contribution is 2.19. The number of carbonyl (C=O) groups is 2. The van der Waals surface area contributed by atoms with E-state index in [0.717, 1.165) is 6.07 Å². The molecule has 0 saturated carbocycles. The maximum atomic E-state index is 13.8. The first-order valence-corrected chi connectivity index (χ1v) is 6.71. The summed E-state index contributed by atoms with van der Waals surface area (Å²) in [5, 5.41) is 12.2. The summed E-state index contributed by atoms with van der Waals surface area (Å²) in [6.07, 6.45) is 0. The van der Waals surface area contributed by atoms with Crippen molar-refractivity contribution in [3.05, 3.63) is 29.6 Å². The third-order valence-corrected chi connectivity index (χ3v) is 3.25. The number of benzene rings is 1. The van der Waals surface area contributed by atoms with Gasteiger partial charge in [0.05, 0.1) is 12.2 Å². The molecule has 1 unspecified atom stereocenters. The van der Waals surface area contributed by atoms with Gasteiger partial charge in [-0.05, 0) is 19.1 Å². The molecule has 0 aromatic heterocycles. The van der Waals surface area contributed by atoms with Crippen LogP contribution in [0.25, 0.3) is 0 Å². The molecule has 1 amide bonds. The van der Waals surface area contributed by atoms with E-state index in [4.69, 9.17) is 4.74 Å². The molecule has 1 fully saturated rings. The summed E-state index contributed by atoms with van der Waals surface area (Å²) < 4.78 is 18.7. The lowest BCUT2D eigenvalue weighted by atomic mass is 10.1. The second kappa shape index (κ2) is 6.53. The molecule has 2 N–H and O–H groups in total. The van der Waals surface area contributed by atoms with Crippen LogP contribution in [0.1, 0.15) is 17.3 Å². The van der Waals surface area contributed by atoms with Gasteiger partial charge < -0.3 is 20.1 Å². The van der Waals surface area contributed by atoms with Crippen molar-refractivity contribution in [2.24, 2.45) is 0 Å². The second-order valence-corrected chi connectivity index (χ2v) is 4.63. The third kappa shape index (κ3) is 3.30. The minimum absolute atomic E-state index is 0.177. The number of hydrogen-bond acceptors (Lipinski definition) is 5. The molecule has 6 nitrogen and oxygen atoms in total. The number of esters is 1. The smallest absolute Gasteiger partial charge is 0.330 e. The van der Waals surface area contributed by atoms with Crippen molar-refractivity contribution in [1.82, 2.24) is 10.2 Å². The fourth-order valence-electron chi connectivity index (χ4n) is 2.23. The van der Waals surface area contributed by atoms with Crippen LogP contribution in [-0.2, 0) is 9.53 Å². The predicted octanol–water partition coefficient (Wildman–Crippen LogP) is 0.508. The number of phenols is 1. The van der Waals surface area contributed by atoms with E-state index in [1.54, 1.807) is 6.92 Å². The van der Waals surface area contributed by atoms with Crippen LogP contribution in [-0.4, -0.2) is 54.2 Å². The number of piperazine rings is 1. The summed E-state index contributed by atoms with van der Waals surface area (Å²) in [7, 11) is 0. The summed E-state index contributed by atoms with van der Waals surface area (Å²) in [4.78, 5) is 25.6. The minimum atomic E-state index is -0.818. The fraction of sp³-hybridized carbons (Fsp3) is 0.429. The number of nitrogens with zero attached hydrogens (tertiary/aromatic N) is 1. The Labute approximate surface area is 121 Å². The van der Waals surface area contributed by atoms with Crippen LogP contribution in [0.2, 0.25) is 0 Å². The SMILES string of the molecule is CCOC(=O)C1CNCCN1C(=O)c1ccc(O)cc1F. The minimum Gasteiger partial charge on any atom is -0.508 e. The molecule has 0 spiro atoms. The number of aromatic hydroxyl groups is 1. The van der Waals surface area contributed by atoms with Crippen molar-refractivity contribution in [3.8, 4) is 5.75 Å². The van der Waals surface area contributed by atoms with Gasteiger partial charge in [0.1, 0.15) is 17.6 Å². The Bertz CT molecular complexity index is 550. The van der Waals surface area contributed by atoms with E-state index in [0.29, 0.717) is 6.54 Å². The van der Waals surface area contributed by atoms with Crippen molar-refractivity contribution in [1.29, 1.82) is 0 Å². The number of rotatable bonds is 3. The standard InChI is InChI=1S/C14H17FN2O4/c1-2-21-14(20)12-8-16-5-6-17(12)13(19)10-4-3-9(18)7-11(10)15/h3-4,7,12,16,18H,2,5-6,8H2,1H3. The summed E-state index contributed by atoms with van der Waals surface area (Å²) in [5.41, 5.74) is -0.177. The number of amides is 1. The second-order valence-electron chi connectivity index (χ2n) is 4.63. The van der Waals surface area contributed by atoms with Crippen molar-refractivity contribution >= 4 is 11.9 Å². The molecule has 0 aliphatic carbocycles. The maximum Gasteiger partial charge on any atom is 0.330 e. The zero-order valence-electron chi connectivity index (χ0n) is 11.6. The third-order valence-electron chi connectivity index (χ3n) is 3.25. The van der Waals surface area contributed by atoms with Crippen LogP contribution >= 0.6 is 0 Å². The van der Waals surface area contributed by atoms with Crippen LogP contribution in [0.4, 0.5) is 4.39 Å². The first kappa shape index (κ1) is 15.2. The van der Waals surface area contributed by atoms with Crippen molar-refractivity contribution < 1.29 is 23.8 Å². The van der Waals surface area contributed by atoms with Gasteiger partial charge in [-0.15, -0.1) is 0 Å². The zero-order valence-corrected chi connectivity index (χ0v) is 11.6. The molecule has 1 aliphatic rings. The summed E-state index contributed by atoms with van der Waals surface area (Å²) >= 11 is 0. The quantitative estimate of drug-likeness (QED) is 0.795. The van der Waals surface area contributed by atoms with E-state index in [-0.39, 0.29) is 31.0 Å². The van der Waals surface area contributed by atoms with Crippen LogP contribution in [0.5, 0.6) is 5.75 Å². The number of carbonyl (C=O) groups excluding carboxylic acids is 2. The highest BCUT2D eigenvalue weighted by Gasteiger charge is 2.34. The molecule has 1 saturated heterocycles. The number of hydrogen-bond donors (Lipinski definition) is 2. The van der Waals surface area contributed by atoms with Crippen LogP contribution < -0.4 is 5.32 Å². The summed E-state index contributed by atoms with van der Waals surface area (Å²) in [5.74, 6) is -2.18. The number of nitrogens with one attached hydrogen (secondary N) is 1. The van der Waals surface area contributed by atoms with E-state index in [1.807, 2.05) is 0 Å². The van der Waals surface area contributed by atoms with Gasteiger partial charge in [-0.3, -0.25) is 4.79 Å². The maximum absolute atomic E-state index is 13.8. The molecule has 114 valence electrons. The van der Waals surface area contributed by atoms with Gasteiger partial charge in [0.2, 0.25) is 0 Å². The molecular formula is C14H17FN2O4. The first-order chi connectivity index (χ1) is 10.0. The normalized spacial score (nSPS) is 18.4. The predicted molar refractivity (Wildman–Crippen MR) is 72.4 cm³/mol. The highest BCUT2D eigenvalue weighted by molar-refractivity contribution is 5.97. The lowest BCUT2D eigenvalue weighted by Gasteiger charge is -2.34. The average molecular weight is 296 g/mol. The van der Waals surface area contributed by atoms with Gasteiger partial charge in [-0.25, -0.2) is 9.18 Å². The van der Waals surface area contributed by atoms with Crippen LogP contribution in [0.15, 0.2) is 18.2 Å². The topological polar surface area (TPSA) is 78.9 Å². The van der Waals surface area contributed by atoms with Gasteiger partial charge in [0.25, 0.3) is 5.91 Å². The zero-order chi connectivity index (χ0) is 15.4. The molecule has 1 heterocycles. The molecule has 2 rings (SSSR count). The monoisotopic (exact) mass is 296 g/mol. The lowest BCUT2D eigenvalue weighted by molar-refractivity contribution is -0.149. The largest absolute Gasteiger partial charge is 0.508 e. The lowest BCUT2D eigenvalue weighted by Crippen LogP contribution is -2.57. The highest BCUT2D eigenvalue weighted by atomic mass is 19.1. The molecule has 1 aromatic carbocycles. The Balaban J connectivity index is 2.24. The van der Waals surface area contributed by atoms with Crippen LogP contribution in [0.3, 0.4) is 0 Å². The molecule has 1 atom stereocenters. The van der Waals surface area contributed by atoms with Gasteiger partial charge in [-0.2, -0.15) is 0 Å². The fourth-order valence-corrected chi connectivity index (χ4v) is 2.23. The Morgan fingerprint density at radius 2 is 2.29 bits per heavy atom. The van der Waals surface area contributed by atoms with Gasteiger partial charge in [-0.1, -0.05) is 0 Å².